The van der Waals surface area contributed by atoms with Crippen LogP contribution < -0.4 is 5.32 Å². The van der Waals surface area contributed by atoms with Crippen LogP contribution in [0.1, 0.15) is 40.0 Å². The van der Waals surface area contributed by atoms with Crippen molar-refractivity contribution in [3.63, 3.8) is 0 Å². The van der Waals surface area contributed by atoms with Crippen LogP contribution in [0.25, 0.3) is 0 Å². The minimum Gasteiger partial charge on any atom is -0.319 e. The molecular formula is C15H31N3O2S. The standard InChI is InChI=1S/C15H31N3O2S/c1-12-9-13(2)14(3)18(11-12)21(19,20)17-7-5-15(6-8-17)10-16-4/h12-16H,5-11H2,1-4H3. The van der Waals surface area contributed by atoms with Crippen molar-refractivity contribution in [2.24, 2.45) is 17.8 Å². The Labute approximate surface area is 130 Å². The summed E-state index contributed by atoms with van der Waals surface area (Å²) in [6, 6.07) is 0.112. The summed E-state index contributed by atoms with van der Waals surface area (Å²) in [4.78, 5) is 0. The minimum absolute atomic E-state index is 0.112. The van der Waals surface area contributed by atoms with Gasteiger partial charge in [0.25, 0.3) is 10.2 Å². The summed E-state index contributed by atoms with van der Waals surface area (Å²) in [6.45, 7) is 9.38. The molecule has 2 saturated heterocycles. The predicted octanol–water partition coefficient (Wildman–Crippen LogP) is 1.53. The van der Waals surface area contributed by atoms with Crippen molar-refractivity contribution in [3.05, 3.63) is 0 Å². The molecule has 21 heavy (non-hydrogen) atoms. The molecule has 0 saturated carbocycles. The first-order valence-corrected chi connectivity index (χ1v) is 9.67. The summed E-state index contributed by atoms with van der Waals surface area (Å²) in [7, 11) is -1.33. The van der Waals surface area contributed by atoms with Crippen molar-refractivity contribution in [1.82, 2.24) is 13.9 Å². The molecule has 0 aromatic heterocycles. The first kappa shape index (κ1) is 17.2. The lowest BCUT2D eigenvalue weighted by Gasteiger charge is -2.43. The number of nitrogens with one attached hydrogen (secondary N) is 1. The zero-order valence-electron chi connectivity index (χ0n) is 13.9. The third-order valence-corrected chi connectivity index (χ3v) is 7.32. The molecule has 5 nitrogen and oxygen atoms in total. The van der Waals surface area contributed by atoms with E-state index in [1.54, 1.807) is 8.61 Å². The molecule has 3 unspecified atom stereocenters. The Morgan fingerprint density at radius 3 is 2.33 bits per heavy atom. The van der Waals surface area contributed by atoms with Gasteiger partial charge in [-0.3, -0.25) is 0 Å². The molecule has 0 aliphatic carbocycles. The molecule has 124 valence electrons. The third-order valence-electron chi connectivity index (χ3n) is 5.23. The van der Waals surface area contributed by atoms with Gasteiger partial charge in [-0.2, -0.15) is 17.0 Å². The minimum atomic E-state index is -3.29. The van der Waals surface area contributed by atoms with Gasteiger partial charge in [-0.15, -0.1) is 0 Å². The van der Waals surface area contributed by atoms with E-state index in [9.17, 15) is 8.42 Å². The molecular weight excluding hydrogens is 286 g/mol. The number of hydrogen-bond acceptors (Lipinski definition) is 3. The molecule has 2 heterocycles. The Morgan fingerprint density at radius 1 is 1.14 bits per heavy atom. The van der Waals surface area contributed by atoms with E-state index in [0.29, 0.717) is 37.4 Å². The van der Waals surface area contributed by atoms with Crippen LogP contribution in [0.3, 0.4) is 0 Å². The fourth-order valence-corrected chi connectivity index (χ4v) is 5.79. The Kier molecular flexibility index (Phi) is 5.68. The van der Waals surface area contributed by atoms with Crippen molar-refractivity contribution in [3.8, 4) is 0 Å². The summed E-state index contributed by atoms with van der Waals surface area (Å²) in [5.41, 5.74) is 0. The summed E-state index contributed by atoms with van der Waals surface area (Å²) >= 11 is 0. The molecule has 0 aromatic rings. The van der Waals surface area contributed by atoms with E-state index >= 15 is 0 Å². The van der Waals surface area contributed by atoms with Crippen LogP contribution in [0.5, 0.6) is 0 Å². The van der Waals surface area contributed by atoms with Crippen LogP contribution in [-0.4, -0.2) is 56.3 Å². The molecule has 2 aliphatic rings. The van der Waals surface area contributed by atoms with Gasteiger partial charge in [0.05, 0.1) is 0 Å². The van der Waals surface area contributed by atoms with Crippen LogP contribution in [0.2, 0.25) is 0 Å². The number of nitrogens with zero attached hydrogens (tertiary/aromatic N) is 2. The van der Waals surface area contributed by atoms with Gasteiger partial charge in [-0.1, -0.05) is 13.8 Å². The maximum absolute atomic E-state index is 12.9. The first-order chi connectivity index (χ1) is 9.86. The summed E-state index contributed by atoms with van der Waals surface area (Å²) in [6.07, 6.45) is 3.05. The van der Waals surface area contributed by atoms with Crippen LogP contribution in [-0.2, 0) is 10.2 Å². The Morgan fingerprint density at radius 2 is 1.76 bits per heavy atom. The van der Waals surface area contributed by atoms with Crippen LogP contribution in [0, 0.1) is 17.8 Å². The fourth-order valence-electron chi connectivity index (χ4n) is 3.75. The van der Waals surface area contributed by atoms with E-state index in [0.717, 1.165) is 25.8 Å². The van der Waals surface area contributed by atoms with E-state index in [1.807, 2.05) is 7.05 Å². The van der Waals surface area contributed by atoms with Crippen molar-refractivity contribution < 1.29 is 8.42 Å². The largest absolute Gasteiger partial charge is 0.319 e. The summed E-state index contributed by atoms with van der Waals surface area (Å²) in [5.74, 6) is 1.50. The monoisotopic (exact) mass is 317 g/mol. The van der Waals surface area contributed by atoms with Gasteiger partial charge < -0.3 is 5.32 Å². The van der Waals surface area contributed by atoms with E-state index in [4.69, 9.17) is 0 Å². The van der Waals surface area contributed by atoms with Crippen LogP contribution in [0.15, 0.2) is 0 Å². The average molecular weight is 317 g/mol. The Bertz CT molecular complexity index is 432. The molecule has 0 amide bonds. The lowest BCUT2D eigenvalue weighted by molar-refractivity contribution is 0.143. The quantitative estimate of drug-likeness (QED) is 0.855. The van der Waals surface area contributed by atoms with Crippen molar-refractivity contribution >= 4 is 10.2 Å². The molecule has 3 atom stereocenters. The highest BCUT2D eigenvalue weighted by molar-refractivity contribution is 7.86. The van der Waals surface area contributed by atoms with Crippen molar-refractivity contribution in [1.29, 1.82) is 0 Å². The van der Waals surface area contributed by atoms with Gasteiger partial charge in [-0.25, -0.2) is 0 Å². The van der Waals surface area contributed by atoms with E-state index in [1.165, 1.54) is 0 Å². The maximum Gasteiger partial charge on any atom is 0.282 e. The molecule has 0 spiro atoms. The smallest absolute Gasteiger partial charge is 0.282 e. The molecule has 1 N–H and O–H groups in total. The van der Waals surface area contributed by atoms with Crippen LogP contribution >= 0.6 is 0 Å². The zero-order chi connectivity index (χ0) is 15.6. The second kappa shape index (κ2) is 6.94. The SMILES string of the molecule is CNCC1CCN(S(=O)(=O)N2CC(C)CC(C)C2C)CC1. The normalized spacial score (nSPS) is 34.2. The highest BCUT2D eigenvalue weighted by Gasteiger charge is 2.40. The maximum atomic E-state index is 12.9. The molecule has 2 fully saturated rings. The predicted molar refractivity (Wildman–Crippen MR) is 86.3 cm³/mol. The number of piperidine rings is 2. The average Bonchev–Trinajstić information content (AvgIpc) is 2.43. The summed E-state index contributed by atoms with van der Waals surface area (Å²) in [5, 5.41) is 3.19. The third kappa shape index (κ3) is 3.78. The Balaban J connectivity index is 2.04. The van der Waals surface area contributed by atoms with Crippen molar-refractivity contribution in [2.45, 2.75) is 46.1 Å². The topological polar surface area (TPSA) is 52.7 Å². The summed E-state index contributed by atoms with van der Waals surface area (Å²) < 4.78 is 29.3. The lowest BCUT2D eigenvalue weighted by Crippen LogP contribution is -2.55. The molecule has 6 heteroatoms. The number of rotatable bonds is 4. The number of hydrogen-bond donors (Lipinski definition) is 1. The molecule has 2 aliphatic heterocycles. The van der Waals surface area contributed by atoms with Gasteiger partial charge >= 0.3 is 0 Å². The lowest BCUT2D eigenvalue weighted by atomic mass is 9.88. The highest BCUT2D eigenvalue weighted by Crippen LogP contribution is 2.31. The van der Waals surface area contributed by atoms with Gasteiger partial charge in [0.15, 0.2) is 0 Å². The molecule has 0 aromatic carbocycles. The van der Waals surface area contributed by atoms with Gasteiger partial charge in [0.1, 0.15) is 0 Å². The van der Waals surface area contributed by atoms with Crippen LogP contribution in [0.4, 0.5) is 0 Å². The first-order valence-electron chi connectivity index (χ1n) is 8.27. The second-order valence-electron chi connectivity index (χ2n) is 7.04. The zero-order valence-corrected chi connectivity index (χ0v) is 14.7. The van der Waals surface area contributed by atoms with E-state index < -0.39 is 10.2 Å². The molecule has 2 rings (SSSR count). The van der Waals surface area contributed by atoms with E-state index in [2.05, 4.69) is 26.1 Å². The molecule has 0 bridgehead atoms. The molecule has 0 radical (unpaired) electrons. The Hall–Kier alpha value is -0.170. The van der Waals surface area contributed by atoms with Gasteiger partial charge in [0.2, 0.25) is 0 Å². The van der Waals surface area contributed by atoms with E-state index in [-0.39, 0.29) is 6.04 Å². The van der Waals surface area contributed by atoms with Gasteiger partial charge in [0, 0.05) is 25.7 Å². The second-order valence-corrected chi connectivity index (χ2v) is 8.92. The van der Waals surface area contributed by atoms with Crippen molar-refractivity contribution in [2.75, 3.05) is 33.2 Å². The van der Waals surface area contributed by atoms with Gasteiger partial charge in [-0.05, 0) is 57.5 Å². The highest BCUT2D eigenvalue weighted by atomic mass is 32.2. The fraction of sp³-hybridized carbons (Fsp3) is 1.00.